The number of aliphatic imine (C=N–C) groups is 1. The van der Waals surface area contributed by atoms with Gasteiger partial charge in [0.2, 0.25) is 0 Å². The number of carbonyl (C=O) groups excluding carboxylic acids is 2. The third-order valence-electron chi connectivity index (χ3n) is 5.23. The van der Waals surface area contributed by atoms with Gasteiger partial charge in [-0.1, -0.05) is 30.3 Å². The number of nitrogens with zero attached hydrogens (tertiary/aromatic N) is 4. The number of ether oxygens (including phenoxy) is 1. The molecule has 2 aromatic rings. The number of benzene rings is 2. The number of esters is 1. The van der Waals surface area contributed by atoms with Crippen LogP contribution in [0.5, 0.6) is 0 Å². The fraction of sp³-hybridized carbons (Fsp3) is 0.321. The van der Waals surface area contributed by atoms with Crippen molar-refractivity contribution in [2.75, 3.05) is 44.5 Å². The minimum atomic E-state index is -0.645. The average Bonchev–Trinajstić information content (AvgIpc) is 3.06. The first-order valence-corrected chi connectivity index (χ1v) is 11.5. The van der Waals surface area contributed by atoms with Crippen LogP contribution >= 0.6 is 0 Å². The van der Waals surface area contributed by atoms with Gasteiger partial charge in [0.05, 0.1) is 0 Å². The maximum atomic E-state index is 13.2. The summed E-state index contributed by atoms with van der Waals surface area (Å²) < 4.78 is 5.44. The quantitative estimate of drug-likeness (QED) is 0.438. The summed E-state index contributed by atoms with van der Waals surface area (Å²) in [6.45, 7) is 5.18. The highest BCUT2D eigenvalue weighted by Gasteiger charge is 2.32. The molecular formula is C28H34N4O3. The lowest BCUT2D eigenvalue weighted by Crippen LogP contribution is -2.39. The molecule has 1 heterocycles. The monoisotopic (exact) mass is 474 g/mol. The second-order valence-corrected chi connectivity index (χ2v) is 9.78. The fourth-order valence-corrected chi connectivity index (χ4v) is 3.43. The summed E-state index contributed by atoms with van der Waals surface area (Å²) >= 11 is 0. The zero-order valence-electron chi connectivity index (χ0n) is 21.6. The maximum absolute atomic E-state index is 13.2. The Morgan fingerprint density at radius 1 is 0.886 bits per heavy atom. The smallest absolute Gasteiger partial charge is 0.326 e. The molecule has 7 nitrogen and oxygen atoms in total. The molecule has 0 spiro atoms. The van der Waals surface area contributed by atoms with Crippen LogP contribution in [0.2, 0.25) is 0 Å². The summed E-state index contributed by atoms with van der Waals surface area (Å²) in [5.41, 5.74) is 3.59. The first kappa shape index (κ1) is 25.7. The van der Waals surface area contributed by atoms with Crippen molar-refractivity contribution in [1.29, 1.82) is 0 Å². The van der Waals surface area contributed by atoms with E-state index in [2.05, 4.69) is 4.99 Å². The van der Waals surface area contributed by atoms with Gasteiger partial charge in [-0.15, -0.1) is 0 Å². The molecule has 0 aromatic heterocycles. The molecule has 3 rings (SSSR count). The standard InChI is InChI=1S/C28H34N4O3/c1-28(2,3)35-26(33)19-32-25(17-12-20-8-13-22(14-9-20)30(4)5)29-24(27(32)34)18-21-10-15-23(16-11-21)31(6)7/h8-18H,19H2,1-7H3. The van der Waals surface area contributed by atoms with Crippen molar-refractivity contribution in [3.8, 4) is 0 Å². The minimum absolute atomic E-state index is 0.213. The van der Waals surface area contributed by atoms with E-state index in [1.165, 1.54) is 4.90 Å². The summed E-state index contributed by atoms with van der Waals surface area (Å²) in [6, 6.07) is 15.8. The van der Waals surface area contributed by atoms with E-state index in [1.54, 1.807) is 32.9 Å². The lowest BCUT2D eigenvalue weighted by Gasteiger charge is -2.22. The molecule has 35 heavy (non-hydrogen) atoms. The second-order valence-electron chi connectivity index (χ2n) is 9.78. The number of hydrogen-bond donors (Lipinski definition) is 0. The molecule has 0 N–H and O–H groups in total. The van der Waals surface area contributed by atoms with E-state index >= 15 is 0 Å². The van der Waals surface area contributed by atoms with Crippen LogP contribution < -0.4 is 9.80 Å². The van der Waals surface area contributed by atoms with Crippen molar-refractivity contribution in [3.05, 3.63) is 71.4 Å². The van der Waals surface area contributed by atoms with Gasteiger partial charge in [-0.25, -0.2) is 4.99 Å². The lowest BCUT2D eigenvalue weighted by atomic mass is 10.1. The van der Waals surface area contributed by atoms with Crippen LogP contribution in [0, 0.1) is 0 Å². The molecule has 0 bridgehead atoms. The van der Waals surface area contributed by atoms with Gasteiger partial charge in [0, 0.05) is 39.6 Å². The molecule has 7 heteroatoms. The van der Waals surface area contributed by atoms with Gasteiger partial charge in [-0.3, -0.25) is 14.5 Å². The highest BCUT2D eigenvalue weighted by atomic mass is 16.6. The van der Waals surface area contributed by atoms with Crippen molar-refractivity contribution in [3.63, 3.8) is 0 Å². The maximum Gasteiger partial charge on any atom is 0.326 e. The van der Waals surface area contributed by atoms with Crippen LogP contribution in [-0.4, -0.2) is 62.9 Å². The summed E-state index contributed by atoms with van der Waals surface area (Å²) in [5, 5.41) is 0. The molecule has 0 unspecified atom stereocenters. The molecule has 0 saturated carbocycles. The predicted molar refractivity (Wildman–Crippen MR) is 144 cm³/mol. The van der Waals surface area contributed by atoms with E-state index in [4.69, 9.17) is 4.74 Å². The summed E-state index contributed by atoms with van der Waals surface area (Å²) in [7, 11) is 7.92. The van der Waals surface area contributed by atoms with E-state index in [-0.39, 0.29) is 18.1 Å². The number of anilines is 2. The topological polar surface area (TPSA) is 65.5 Å². The number of rotatable bonds is 7. The second kappa shape index (κ2) is 10.6. The molecule has 2 aromatic carbocycles. The van der Waals surface area contributed by atoms with Gasteiger partial charge in [0.1, 0.15) is 23.7 Å². The zero-order valence-corrected chi connectivity index (χ0v) is 21.6. The molecule has 1 aliphatic rings. The molecule has 0 radical (unpaired) electrons. The minimum Gasteiger partial charge on any atom is -0.459 e. The van der Waals surface area contributed by atoms with Gasteiger partial charge < -0.3 is 14.5 Å². The number of amidine groups is 1. The van der Waals surface area contributed by atoms with Crippen LogP contribution in [-0.2, 0) is 14.3 Å². The first-order valence-electron chi connectivity index (χ1n) is 11.5. The molecule has 1 aliphatic heterocycles. The van der Waals surface area contributed by atoms with Crippen molar-refractivity contribution < 1.29 is 14.3 Å². The Balaban J connectivity index is 1.89. The Kier molecular flexibility index (Phi) is 7.79. The van der Waals surface area contributed by atoms with Gasteiger partial charge in [-0.2, -0.15) is 0 Å². The van der Waals surface area contributed by atoms with E-state index < -0.39 is 11.6 Å². The largest absolute Gasteiger partial charge is 0.459 e. The highest BCUT2D eigenvalue weighted by molar-refractivity contribution is 6.19. The molecule has 0 aliphatic carbocycles. The van der Waals surface area contributed by atoms with Gasteiger partial charge in [0.25, 0.3) is 5.91 Å². The molecular weight excluding hydrogens is 440 g/mol. The molecule has 184 valence electrons. The Hall–Kier alpha value is -3.87. The third-order valence-corrected chi connectivity index (χ3v) is 5.23. The van der Waals surface area contributed by atoms with Gasteiger partial charge in [0.15, 0.2) is 0 Å². The molecule has 0 saturated heterocycles. The van der Waals surface area contributed by atoms with E-state index in [0.29, 0.717) is 5.84 Å². The Labute approximate surface area is 208 Å². The van der Waals surface area contributed by atoms with E-state index in [0.717, 1.165) is 22.5 Å². The van der Waals surface area contributed by atoms with Crippen molar-refractivity contribution in [2.45, 2.75) is 26.4 Å². The summed E-state index contributed by atoms with van der Waals surface area (Å²) in [4.78, 5) is 35.7. The van der Waals surface area contributed by atoms with Crippen LogP contribution in [0.4, 0.5) is 11.4 Å². The third kappa shape index (κ3) is 7.06. The average molecular weight is 475 g/mol. The predicted octanol–water partition coefficient (Wildman–Crippen LogP) is 4.46. The molecule has 0 fully saturated rings. The van der Waals surface area contributed by atoms with Crippen molar-refractivity contribution >= 4 is 41.2 Å². The Morgan fingerprint density at radius 2 is 1.40 bits per heavy atom. The number of amides is 1. The van der Waals surface area contributed by atoms with Crippen LogP contribution in [0.1, 0.15) is 31.9 Å². The fourth-order valence-electron chi connectivity index (χ4n) is 3.43. The van der Waals surface area contributed by atoms with Crippen LogP contribution in [0.25, 0.3) is 12.2 Å². The van der Waals surface area contributed by atoms with E-state index in [9.17, 15) is 9.59 Å². The van der Waals surface area contributed by atoms with E-state index in [1.807, 2.05) is 92.6 Å². The Morgan fingerprint density at radius 3 is 1.89 bits per heavy atom. The molecule has 1 amide bonds. The summed E-state index contributed by atoms with van der Waals surface area (Å²) in [6.07, 6.45) is 5.36. The Bertz CT molecular complexity index is 1150. The van der Waals surface area contributed by atoms with Crippen molar-refractivity contribution in [1.82, 2.24) is 4.90 Å². The SMILES string of the molecule is CN(C)c1ccc(C=CC2=NC(=Cc3ccc(N(C)C)cc3)C(=O)N2CC(=O)OC(C)(C)C)cc1. The number of carbonyl (C=O) groups is 2. The highest BCUT2D eigenvalue weighted by Crippen LogP contribution is 2.22. The molecule has 0 atom stereocenters. The van der Waals surface area contributed by atoms with Gasteiger partial charge in [-0.05, 0) is 68.3 Å². The normalized spacial score (nSPS) is 15.1. The number of hydrogen-bond acceptors (Lipinski definition) is 6. The first-order chi connectivity index (χ1) is 16.4. The van der Waals surface area contributed by atoms with Gasteiger partial charge >= 0.3 is 5.97 Å². The zero-order chi connectivity index (χ0) is 25.8. The van der Waals surface area contributed by atoms with Crippen molar-refractivity contribution in [2.24, 2.45) is 4.99 Å². The summed E-state index contributed by atoms with van der Waals surface area (Å²) in [5.74, 6) is -0.428. The lowest BCUT2D eigenvalue weighted by molar-refractivity contribution is -0.156. The van der Waals surface area contributed by atoms with Crippen LogP contribution in [0.15, 0.2) is 65.3 Å². The van der Waals surface area contributed by atoms with Crippen LogP contribution in [0.3, 0.4) is 0 Å².